The van der Waals surface area contributed by atoms with Gasteiger partial charge in [0.25, 0.3) is 0 Å². The molecule has 3 saturated heterocycles. The number of hydrogen-bond acceptors (Lipinski definition) is 2. The normalized spacial score (nSPS) is 31.7. The number of rotatable bonds is 3. The van der Waals surface area contributed by atoms with Gasteiger partial charge in [-0.25, -0.2) is 0 Å². The smallest absolute Gasteiger partial charge is 0.0227 e. The maximum Gasteiger partial charge on any atom is 0.0227 e. The van der Waals surface area contributed by atoms with Gasteiger partial charge in [-0.2, -0.15) is 0 Å². The number of fused-ring (bicyclic) bond motifs is 3. The van der Waals surface area contributed by atoms with Gasteiger partial charge >= 0.3 is 0 Å². The van der Waals surface area contributed by atoms with Crippen molar-refractivity contribution in [1.82, 2.24) is 10.2 Å². The Hall–Kier alpha value is -0.860. The van der Waals surface area contributed by atoms with Crippen LogP contribution in [-0.2, 0) is 6.54 Å². The molecule has 3 fully saturated rings. The van der Waals surface area contributed by atoms with Gasteiger partial charge in [0, 0.05) is 19.1 Å². The number of piperidine rings is 3. The molecule has 17 heavy (non-hydrogen) atoms. The van der Waals surface area contributed by atoms with E-state index in [0.29, 0.717) is 0 Å². The molecule has 0 radical (unpaired) electrons. The van der Waals surface area contributed by atoms with Gasteiger partial charge in [-0.1, -0.05) is 24.3 Å². The highest BCUT2D eigenvalue weighted by molar-refractivity contribution is 5.25. The second-order valence-corrected chi connectivity index (χ2v) is 5.55. The van der Waals surface area contributed by atoms with Crippen LogP contribution in [0.1, 0.15) is 24.0 Å². The summed E-state index contributed by atoms with van der Waals surface area (Å²) in [5.74, 6) is 0.920. The van der Waals surface area contributed by atoms with E-state index in [2.05, 4.69) is 41.4 Å². The molecule has 2 nitrogen and oxygen atoms in total. The summed E-state index contributed by atoms with van der Waals surface area (Å²) in [5.41, 5.74) is 2.85. The summed E-state index contributed by atoms with van der Waals surface area (Å²) < 4.78 is 0. The van der Waals surface area contributed by atoms with Crippen molar-refractivity contribution in [2.45, 2.75) is 32.4 Å². The average Bonchev–Trinajstić information content (AvgIpc) is 2.39. The number of hydrogen-bond donors (Lipinski definition) is 1. The lowest BCUT2D eigenvalue weighted by molar-refractivity contribution is 0.0720. The summed E-state index contributed by atoms with van der Waals surface area (Å²) in [5, 5.41) is 3.77. The van der Waals surface area contributed by atoms with Gasteiger partial charge in [0.15, 0.2) is 0 Å². The summed E-state index contributed by atoms with van der Waals surface area (Å²) in [6.07, 6.45) is 2.79. The van der Waals surface area contributed by atoms with Crippen molar-refractivity contribution in [3.8, 4) is 0 Å². The van der Waals surface area contributed by atoms with E-state index in [4.69, 9.17) is 0 Å². The van der Waals surface area contributed by atoms with Crippen molar-refractivity contribution in [1.29, 1.82) is 0 Å². The van der Waals surface area contributed by atoms with Crippen LogP contribution in [0.3, 0.4) is 0 Å². The van der Waals surface area contributed by atoms with Crippen molar-refractivity contribution >= 4 is 0 Å². The monoisotopic (exact) mass is 230 g/mol. The molecular weight excluding hydrogens is 208 g/mol. The fraction of sp³-hybridized carbons (Fsp3) is 0.600. The molecule has 2 heteroatoms. The highest BCUT2D eigenvalue weighted by Crippen LogP contribution is 2.27. The van der Waals surface area contributed by atoms with E-state index in [-0.39, 0.29) is 0 Å². The van der Waals surface area contributed by atoms with Gasteiger partial charge in [0.2, 0.25) is 0 Å². The van der Waals surface area contributed by atoms with Gasteiger partial charge in [-0.15, -0.1) is 0 Å². The van der Waals surface area contributed by atoms with E-state index in [9.17, 15) is 0 Å². The molecular formula is C15H22N2. The Bertz CT molecular complexity index is 380. The maximum atomic E-state index is 3.77. The standard InChI is InChI=1S/C15H22N2/c1-12-4-2-3-5-14(12)10-16-15-11-17-8-6-13(15)7-9-17/h2-5,13,15-16H,6-11H2,1H3. The second kappa shape index (κ2) is 4.79. The lowest BCUT2D eigenvalue weighted by Gasteiger charge is -2.45. The minimum absolute atomic E-state index is 0.720. The van der Waals surface area contributed by atoms with Crippen molar-refractivity contribution < 1.29 is 0 Å². The SMILES string of the molecule is Cc1ccccc1CNC1CN2CCC1CC2. The van der Waals surface area contributed by atoms with Crippen LogP contribution < -0.4 is 5.32 Å². The minimum Gasteiger partial charge on any atom is -0.308 e. The third-order valence-electron chi connectivity index (χ3n) is 4.47. The van der Waals surface area contributed by atoms with E-state index in [0.717, 1.165) is 18.5 Å². The van der Waals surface area contributed by atoms with E-state index >= 15 is 0 Å². The van der Waals surface area contributed by atoms with Crippen LogP contribution in [0.25, 0.3) is 0 Å². The molecule has 0 aliphatic carbocycles. The number of benzene rings is 1. The fourth-order valence-electron chi connectivity index (χ4n) is 3.25. The number of aryl methyl sites for hydroxylation is 1. The fourth-order valence-corrected chi connectivity index (χ4v) is 3.25. The van der Waals surface area contributed by atoms with Gasteiger partial charge < -0.3 is 10.2 Å². The van der Waals surface area contributed by atoms with Gasteiger partial charge in [-0.3, -0.25) is 0 Å². The van der Waals surface area contributed by atoms with Crippen LogP contribution in [0, 0.1) is 12.8 Å². The molecule has 1 N–H and O–H groups in total. The summed E-state index contributed by atoms with van der Waals surface area (Å²) in [7, 11) is 0. The first-order chi connectivity index (χ1) is 8.33. The van der Waals surface area contributed by atoms with Crippen LogP contribution in [0.2, 0.25) is 0 Å². The van der Waals surface area contributed by atoms with Crippen molar-refractivity contribution in [2.24, 2.45) is 5.92 Å². The molecule has 3 heterocycles. The summed E-state index contributed by atoms with van der Waals surface area (Å²) >= 11 is 0. The summed E-state index contributed by atoms with van der Waals surface area (Å²) in [4.78, 5) is 2.61. The molecule has 3 aliphatic rings. The van der Waals surface area contributed by atoms with Crippen LogP contribution >= 0.6 is 0 Å². The summed E-state index contributed by atoms with van der Waals surface area (Å²) in [6.45, 7) is 7.15. The molecule has 1 aromatic rings. The molecule has 4 rings (SSSR count). The molecule has 1 aromatic carbocycles. The molecule has 1 unspecified atom stereocenters. The first-order valence-corrected chi connectivity index (χ1v) is 6.83. The Morgan fingerprint density at radius 3 is 2.65 bits per heavy atom. The molecule has 0 saturated carbocycles. The van der Waals surface area contributed by atoms with Crippen LogP contribution in [0.4, 0.5) is 0 Å². The Balaban J connectivity index is 1.60. The van der Waals surface area contributed by atoms with Gasteiger partial charge in [0.05, 0.1) is 0 Å². The van der Waals surface area contributed by atoms with Gasteiger partial charge in [0.1, 0.15) is 0 Å². The lowest BCUT2D eigenvalue weighted by Crippen LogP contribution is -2.55. The topological polar surface area (TPSA) is 15.3 Å². The molecule has 92 valence electrons. The average molecular weight is 230 g/mol. The first kappa shape index (κ1) is 11.2. The maximum absolute atomic E-state index is 3.77. The van der Waals surface area contributed by atoms with Gasteiger partial charge in [-0.05, 0) is 49.9 Å². The molecule has 0 amide bonds. The predicted octanol–water partition coefficient (Wildman–Crippen LogP) is 2.18. The van der Waals surface area contributed by atoms with E-state index in [1.165, 1.54) is 43.6 Å². The van der Waals surface area contributed by atoms with E-state index in [1.54, 1.807) is 0 Å². The second-order valence-electron chi connectivity index (χ2n) is 5.55. The largest absolute Gasteiger partial charge is 0.308 e. The van der Waals surface area contributed by atoms with Crippen LogP contribution in [0.15, 0.2) is 24.3 Å². The quantitative estimate of drug-likeness (QED) is 0.856. The number of nitrogens with one attached hydrogen (secondary N) is 1. The van der Waals surface area contributed by atoms with E-state index in [1.807, 2.05) is 0 Å². The van der Waals surface area contributed by atoms with E-state index < -0.39 is 0 Å². The van der Waals surface area contributed by atoms with Crippen LogP contribution in [-0.4, -0.2) is 30.6 Å². The Kier molecular flexibility index (Phi) is 3.17. The first-order valence-electron chi connectivity index (χ1n) is 6.83. The Morgan fingerprint density at radius 2 is 2.00 bits per heavy atom. The molecule has 1 atom stereocenters. The highest BCUT2D eigenvalue weighted by Gasteiger charge is 2.33. The van der Waals surface area contributed by atoms with Crippen molar-refractivity contribution in [2.75, 3.05) is 19.6 Å². The molecule has 0 spiro atoms. The molecule has 2 bridgehead atoms. The Labute approximate surface area is 104 Å². The minimum atomic E-state index is 0.720. The third-order valence-corrected chi connectivity index (χ3v) is 4.47. The molecule has 3 aliphatic heterocycles. The zero-order valence-electron chi connectivity index (χ0n) is 10.7. The highest BCUT2D eigenvalue weighted by atomic mass is 15.2. The lowest BCUT2D eigenvalue weighted by atomic mass is 9.84. The predicted molar refractivity (Wildman–Crippen MR) is 71.0 cm³/mol. The zero-order chi connectivity index (χ0) is 11.7. The third kappa shape index (κ3) is 2.38. The van der Waals surface area contributed by atoms with Crippen molar-refractivity contribution in [3.05, 3.63) is 35.4 Å². The molecule has 0 aromatic heterocycles. The van der Waals surface area contributed by atoms with Crippen molar-refractivity contribution in [3.63, 3.8) is 0 Å². The summed E-state index contributed by atoms with van der Waals surface area (Å²) in [6, 6.07) is 9.42. The number of nitrogens with zero attached hydrogens (tertiary/aromatic N) is 1. The van der Waals surface area contributed by atoms with Crippen LogP contribution in [0.5, 0.6) is 0 Å². The zero-order valence-corrected chi connectivity index (χ0v) is 10.7. The Morgan fingerprint density at radius 1 is 1.24 bits per heavy atom.